The predicted molar refractivity (Wildman–Crippen MR) is 78.4 cm³/mol. The second-order valence-electron chi connectivity index (χ2n) is 5.85. The first-order valence-electron chi connectivity index (χ1n) is 6.99. The van der Waals surface area contributed by atoms with Gasteiger partial charge in [-0.05, 0) is 48.6 Å². The SMILES string of the molecule is CC(=O)c1ccc2c(c1)CC1(C2)C(=O)Nc2cnccc21. The van der Waals surface area contributed by atoms with E-state index in [1.165, 1.54) is 0 Å². The Bertz CT molecular complexity index is 797. The fraction of sp³-hybridized carbons (Fsp3) is 0.235. The lowest BCUT2D eigenvalue weighted by molar-refractivity contribution is -0.120. The van der Waals surface area contributed by atoms with E-state index in [-0.39, 0.29) is 11.7 Å². The standard InChI is InChI=1S/C17H14N2O2/c1-10(20)11-2-3-12-7-17(8-13(12)6-11)14-4-5-18-9-15(14)19-16(17)21/h2-6,9H,7-8H2,1H3,(H,19,21). The maximum absolute atomic E-state index is 12.5. The van der Waals surface area contributed by atoms with Crippen LogP contribution < -0.4 is 5.32 Å². The summed E-state index contributed by atoms with van der Waals surface area (Å²) in [6, 6.07) is 7.68. The quantitative estimate of drug-likeness (QED) is 0.814. The molecular weight excluding hydrogens is 264 g/mol. The first-order chi connectivity index (χ1) is 10.1. The molecule has 1 atom stereocenters. The first-order valence-corrected chi connectivity index (χ1v) is 6.99. The Labute approximate surface area is 122 Å². The number of aromatic nitrogens is 1. The molecule has 2 aliphatic rings. The summed E-state index contributed by atoms with van der Waals surface area (Å²) in [6.45, 7) is 1.57. The van der Waals surface area contributed by atoms with Crippen LogP contribution in [0.4, 0.5) is 5.69 Å². The number of amides is 1. The summed E-state index contributed by atoms with van der Waals surface area (Å²) in [5.41, 5.74) is 4.25. The van der Waals surface area contributed by atoms with Crippen molar-refractivity contribution < 1.29 is 9.59 Å². The number of hydrogen-bond donors (Lipinski definition) is 1. The van der Waals surface area contributed by atoms with E-state index in [1.54, 1.807) is 19.3 Å². The third-order valence-corrected chi connectivity index (χ3v) is 4.62. The molecule has 1 aromatic carbocycles. The minimum Gasteiger partial charge on any atom is -0.324 e. The second kappa shape index (κ2) is 4.01. The number of benzene rings is 1. The van der Waals surface area contributed by atoms with Crippen LogP contribution in [-0.4, -0.2) is 16.7 Å². The van der Waals surface area contributed by atoms with Gasteiger partial charge < -0.3 is 5.32 Å². The van der Waals surface area contributed by atoms with E-state index in [1.807, 2.05) is 24.3 Å². The van der Waals surface area contributed by atoms with E-state index >= 15 is 0 Å². The summed E-state index contributed by atoms with van der Waals surface area (Å²) in [7, 11) is 0. The Morgan fingerprint density at radius 1 is 1.24 bits per heavy atom. The molecule has 1 N–H and O–H groups in total. The molecule has 1 unspecified atom stereocenters. The van der Waals surface area contributed by atoms with Gasteiger partial charge in [-0.25, -0.2) is 0 Å². The molecule has 0 saturated heterocycles. The van der Waals surface area contributed by atoms with Gasteiger partial charge in [0.25, 0.3) is 0 Å². The second-order valence-corrected chi connectivity index (χ2v) is 5.85. The van der Waals surface area contributed by atoms with Crippen LogP contribution in [0.1, 0.15) is 34.0 Å². The largest absolute Gasteiger partial charge is 0.324 e. The van der Waals surface area contributed by atoms with Crippen LogP contribution >= 0.6 is 0 Å². The Morgan fingerprint density at radius 3 is 2.86 bits per heavy atom. The minimum atomic E-state index is -0.532. The zero-order chi connectivity index (χ0) is 14.6. The normalized spacial score (nSPS) is 22.0. The van der Waals surface area contributed by atoms with Crippen LogP contribution in [0.2, 0.25) is 0 Å². The monoisotopic (exact) mass is 278 g/mol. The molecule has 21 heavy (non-hydrogen) atoms. The Morgan fingerprint density at radius 2 is 2.05 bits per heavy atom. The highest BCUT2D eigenvalue weighted by atomic mass is 16.2. The van der Waals surface area contributed by atoms with Crippen LogP contribution in [0.25, 0.3) is 0 Å². The Kier molecular flexibility index (Phi) is 2.34. The predicted octanol–water partition coefficient (Wildman–Crippen LogP) is 2.27. The van der Waals surface area contributed by atoms with Crippen molar-refractivity contribution in [1.82, 2.24) is 4.98 Å². The van der Waals surface area contributed by atoms with Crippen LogP contribution in [0.5, 0.6) is 0 Å². The number of nitrogens with one attached hydrogen (secondary N) is 1. The van der Waals surface area contributed by atoms with Gasteiger partial charge in [-0.1, -0.05) is 12.1 Å². The molecule has 1 spiro atoms. The number of carbonyl (C=O) groups excluding carboxylic acids is 2. The smallest absolute Gasteiger partial charge is 0.235 e. The fourth-order valence-electron chi connectivity index (χ4n) is 3.52. The Balaban J connectivity index is 1.83. The highest BCUT2D eigenvalue weighted by Crippen LogP contribution is 2.47. The zero-order valence-corrected chi connectivity index (χ0v) is 11.6. The fourth-order valence-corrected chi connectivity index (χ4v) is 3.52. The van der Waals surface area contributed by atoms with Crippen molar-refractivity contribution >= 4 is 17.4 Å². The number of hydrogen-bond acceptors (Lipinski definition) is 3. The molecule has 4 nitrogen and oxygen atoms in total. The van der Waals surface area contributed by atoms with Crippen LogP contribution in [-0.2, 0) is 23.1 Å². The van der Waals surface area contributed by atoms with Crippen LogP contribution in [0, 0.1) is 0 Å². The lowest BCUT2D eigenvalue weighted by Crippen LogP contribution is -2.35. The number of anilines is 1. The molecule has 104 valence electrons. The summed E-state index contributed by atoms with van der Waals surface area (Å²) in [5.74, 6) is 0.0882. The zero-order valence-electron chi connectivity index (χ0n) is 11.6. The number of nitrogens with zero attached hydrogens (tertiary/aromatic N) is 1. The van der Waals surface area contributed by atoms with Crippen molar-refractivity contribution in [3.8, 4) is 0 Å². The number of fused-ring (bicyclic) bond motifs is 3. The number of carbonyl (C=O) groups is 2. The van der Waals surface area contributed by atoms with Crippen LogP contribution in [0.3, 0.4) is 0 Å². The third kappa shape index (κ3) is 1.59. The molecule has 2 heterocycles. The van der Waals surface area contributed by atoms with Crippen LogP contribution in [0.15, 0.2) is 36.7 Å². The molecule has 4 rings (SSSR count). The van der Waals surface area contributed by atoms with E-state index < -0.39 is 5.41 Å². The van der Waals surface area contributed by atoms with Crippen molar-refractivity contribution in [2.24, 2.45) is 0 Å². The van der Waals surface area contributed by atoms with Crippen molar-refractivity contribution in [2.45, 2.75) is 25.2 Å². The topological polar surface area (TPSA) is 59.1 Å². The molecular formula is C17H14N2O2. The maximum atomic E-state index is 12.5. The average Bonchev–Trinajstić information content (AvgIpc) is 2.98. The van der Waals surface area contributed by atoms with Gasteiger partial charge in [-0.15, -0.1) is 0 Å². The molecule has 1 amide bonds. The summed E-state index contributed by atoms with van der Waals surface area (Å²) >= 11 is 0. The summed E-state index contributed by atoms with van der Waals surface area (Å²) in [5, 5.41) is 2.93. The summed E-state index contributed by atoms with van der Waals surface area (Å²) < 4.78 is 0. The molecule has 1 aromatic heterocycles. The molecule has 0 radical (unpaired) electrons. The van der Waals surface area contributed by atoms with Crippen molar-refractivity contribution in [3.63, 3.8) is 0 Å². The minimum absolute atomic E-state index is 0.0334. The number of Topliss-reactive ketones (excluding diaryl/α,β-unsaturated/α-hetero) is 1. The van der Waals surface area contributed by atoms with E-state index in [0.29, 0.717) is 18.4 Å². The van der Waals surface area contributed by atoms with Gasteiger partial charge in [0.15, 0.2) is 5.78 Å². The number of ketones is 1. The van der Waals surface area contributed by atoms with E-state index in [4.69, 9.17) is 0 Å². The average molecular weight is 278 g/mol. The number of pyridine rings is 1. The van der Waals surface area contributed by atoms with Gasteiger partial charge in [0.05, 0.1) is 17.3 Å². The molecule has 0 bridgehead atoms. The van der Waals surface area contributed by atoms with Gasteiger partial charge >= 0.3 is 0 Å². The highest BCUT2D eigenvalue weighted by molar-refractivity contribution is 6.07. The van der Waals surface area contributed by atoms with Crippen molar-refractivity contribution in [3.05, 3.63) is 58.9 Å². The Hall–Kier alpha value is -2.49. The first kappa shape index (κ1) is 12.3. The maximum Gasteiger partial charge on any atom is 0.235 e. The van der Waals surface area contributed by atoms with Crippen molar-refractivity contribution in [2.75, 3.05) is 5.32 Å². The summed E-state index contributed by atoms with van der Waals surface area (Å²) in [4.78, 5) is 28.1. The highest BCUT2D eigenvalue weighted by Gasteiger charge is 2.50. The molecule has 1 aliphatic heterocycles. The van der Waals surface area contributed by atoms with Gasteiger partial charge in [0.2, 0.25) is 5.91 Å². The van der Waals surface area contributed by atoms with Gasteiger partial charge in [-0.2, -0.15) is 0 Å². The van der Waals surface area contributed by atoms with Crippen molar-refractivity contribution in [1.29, 1.82) is 0 Å². The van der Waals surface area contributed by atoms with Gasteiger partial charge in [0, 0.05) is 11.8 Å². The van der Waals surface area contributed by atoms with Gasteiger partial charge in [0.1, 0.15) is 0 Å². The van der Waals surface area contributed by atoms with E-state index in [0.717, 1.165) is 22.4 Å². The summed E-state index contributed by atoms with van der Waals surface area (Å²) in [6.07, 6.45) is 4.76. The van der Waals surface area contributed by atoms with Gasteiger partial charge in [-0.3, -0.25) is 14.6 Å². The lowest BCUT2D eigenvalue weighted by atomic mass is 9.79. The molecule has 1 aliphatic carbocycles. The third-order valence-electron chi connectivity index (χ3n) is 4.62. The van der Waals surface area contributed by atoms with E-state index in [9.17, 15) is 9.59 Å². The van der Waals surface area contributed by atoms with E-state index in [2.05, 4.69) is 10.3 Å². The lowest BCUT2D eigenvalue weighted by Gasteiger charge is -2.20. The number of rotatable bonds is 1. The molecule has 0 saturated carbocycles. The molecule has 4 heteroatoms. The molecule has 2 aromatic rings. The molecule has 0 fully saturated rings.